The van der Waals surface area contributed by atoms with Crippen LogP contribution in [0.2, 0.25) is 0 Å². The van der Waals surface area contributed by atoms with E-state index in [1.807, 2.05) is 0 Å². The average molecular weight is 233 g/mol. The van der Waals surface area contributed by atoms with E-state index in [-0.39, 0.29) is 6.54 Å². The summed E-state index contributed by atoms with van der Waals surface area (Å²) in [6.07, 6.45) is -2.80. The van der Waals surface area contributed by atoms with Gasteiger partial charge in [0.15, 0.2) is 0 Å². The first-order valence-electron chi connectivity index (χ1n) is 5.23. The van der Waals surface area contributed by atoms with Gasteiger partial charge in [-0.05, 0) is 20.8 Å². The lowest BCUT2D eigenvalue weighted by molar-refractivity contribution is 0.00187. The first-order chi connectivity index (χ1) is 7.26. The number of hydrogen-bond acceptors (Lipinski definition) is 5. The molecule has 0 radical (unpaired) electrons. The topological polar surface area (TPSA) is 90.2 Å². The van der Waals surface area contributed by atoms with E-state index < -0.39 is 36.6 Å². The molecule has 0 aromatic carbocycles. The zero-order valence-corrected chi connectivity index (χ0v) is 9.75. The highest BCUT2D eigenvalue weighted by atomic mass is 16.6. The molecule has 0 bridgehead atoms. The van der Waals surface area contributed by atoms with Crippen molar-refractivity contribution in [3.63, 3.8) is 0 Å². The molecule has 1 saturated heterocycles. The third-order valence-corrected chi connectivity index (χ3v) is 2.39. The number of carbonyl (C=O) groups is 1. The fourth-order valence-corrected chi connectivity index (χ4v) is 1.62. The number of carbonyl (C=O) groups excluding carboxylic acids is 1. The van der Waals surface area contributed by atoms with Crippen molar-refractivity contribution in [2.75, 3.05) is 13.2 Å². The summed E-state index contributed by atoms with van der Waals surface area (Å²) in [4.78, 5) is 12.8. The van der Waals surface area contributed by atoms with Crippen LogP contribution in [-0.4, -0.2) is 63.3 Å². The lowest BCUT2D eigenvalue weighted by Gasteiger charge is -2.28. The molecular weight excluding hydrogens is 214 g/mol. The van der Waals surface area contributed by atoms with Gasteiger partial charge in [0.25, 0.3) is 0 Å². The van der Waals surface area contributed by atoms with Crippen molar-refractivity contribution in [3.8, 4) is 0 Å². The van der Waals surface area contributed by atoms with Crippen molar-refractivity contribution in [1.82, 2.24) is 4.90 Å². The maximum absolute atomic E-state index is 11.7. The maximum atomic E-state index is 11.7. The first-order valence-corrected chi connectivity index (χ1v) is 5.23. The number of aliphatic hydroxyl groups is 3. The van der Waals surface area contributed by atoms with E-state index in [4.69, 9.17) is 9.84 Å². The molecule has 0 aromatic heterocycles. The van der Waals surface area contributed by atoms with Gasteiger partial charge in [-0.3, -0.25) is 4.90 Å². The predicted octanol–water partition coefficient (Wildman–Crippen LogP) is -0.680. The number of amides is 1. The molecule has 1 rings (SSSR count). The van der Waals surface area contributed by atoms with Crippen LogP contribution in [-0.2, 0) is 4.74 Å². The van der Waals surface area contributed by atoms with Crippen LogP contribution >= 0.6 is 0 Å². The molecule has 6 nitrogen and oxygen atoms in total. The van der Waals surface area contributed by atoms with Crippen molar-refractivity contribution in [1.29, 1.82) is 0 Å². The molecule has 0 aromatic rings. The Morgan fingerprint density at radius 2 is 2.00 bits per heavy atom. The molecule has 0 saturated carbocycles. The van der Waals surface area contributed by atoms with E-state index in [1.165, 1.54) is 0 Å². The fraction of sp³-hybridized carbons (Fsp3) is 0.900. The summed E-state index contributed by atoms with van der Waals surface area (Å²) < 4.78 is 5.10. The summed E-state index contributed by atoms with van der Waals surface area (Å²) in [6.45, 7) is 4.74. The van der Waals surface area contributed by atoms with Crippen LogP contribution in [0.4, 0.5) is 4.79 Å². The Hall–Kier alpha value is -0.850. The van der Waals surface area contributed by atoms with Crippen molar-refractivity contribution in [2.45, 2.75) is 44.6 Å². The van der Waals surface area contributed by atoms with Crippen LogP contribution < -0.4 is 0 Å². The largest absolute Gasteiger partial charge is 0.444 e. The normalized spacial score (nSPS) is 30.6. The Bertz CT molecular complexity index is 262. The van der Waals surface area contributed by atoms with E-state index in [1.54, 1.807) is 20.8 Å². The van der Waals surface area contributed by atoms with Gasteiger partial charge in [0, 0.05) is 0 Å². The van der Waals surface area contributed by atoms with Gasteiger partial charge in [0.2, 0.25) is 0 Å². The Labute approximate surface area is 94.4 Å². The number of β-amino-alcohol motifs (C(OH)–C–C–N with tert-alkyl or cyclic N) is 1. The summed E-state index contributed by atoms with van der Waals surface area (Å²) in [5.41, 5.74) is -0.643. The Morgan fingerprint density at radius 3 is 2.44 bits per heavy atom. The van der Waals surface area contributed by atoms with E-state index in [0.717, 1.165) is 4.90 Å². The second-order valence-corrected chi connectivity index (χ2v) is 4.94. The maximum Gasteiger partial charge on any atom is 0.410 e. The highest BCUT2D eigenvalue weighted by Gasteiger charge is 2.43. The molecule has 1 fully saturated rings. The van der Waals surface area contributed by atoms with Gasteiger partial charge >= 0.3 is 6.09 Å². The predicted molar refractivity (Wildman–Crippen MR) is 55.8 cm³/mol. The third kappa shape index (κ3) is 2.84. The number of rotatable bonds is 1. The number of ether oxygens (including phenoxy) is 1. The van der Waals surface area contributed by atoms with Crippen molar-refractivity contribution >= 4 is 6.09 Å². The minimum Gasteiger partial charge on any atom is -0.444 e. The molecule has 0 spiro atoms. The molecule has 16 heavy (non-hydrogen) atoms. The number of nitrogens with zero attached hydrogens (tertiary/aromatic N) is 1. The molecular formula is C10H19NO5. The zero-order chi connectivity index (χ0) is 12.5. The van der Waals surface area contributed by atoms with E-state index >= 15 is 0 Å². The second-order valence-electron chi connectivity index (χ2n) is 4.94. The minimum atomic E-state index is -1.13. The minimum absolute atomic E-state index is 0.0265. The SMILES string of the molecule is CC(C)(C)OC(=O)N1C[C@H](O)[C@H](O)[C@H]1CO. The molecule has 1 aliphatic heterocycles. The van der Waals surface area contributed by atoms with Crippen molar-refractivity contribution < 1.29 is 24.9 Å². The van der Waals surface area contributed by atoms with Gasteiger partial charge in [-0.2, -0.15) is 0 Å². The highest BCUT2D eigenvalue weighted by molar-refractivity contribution is 5.69. The van der Waals surface area contributed by atoms with Crippen LogP contribution in [0.3, 0.4) is 0 Å². The summed E-state index contributed by atoms with van der Waals surface area (Å²) in [6, 6.07) is -0.801. The summed E-state index contributed by atoms with van der Waals surface area (Å²) in [5.74, 6) is 0. The van der Waals surface area contributed by atoms with Crippen molar-refractivity contribution in [2.24, 2.45) is 0 Å². The van der Waals surface area contributed by atoms with E-state index in [9.17, 15) is 15.0 Å². The molecule has 6 heteroatoms. The molecule has 3 N–H and O–H groups in total. The second kappa shape index (κ2) is 4.57. The molecule has 94 valence electrons. The number of likely N-dealkylation sites (tertiary alicyclic amines) is 1. The van der Waals surface area contributed by atoms with Crippen LogP contribution in [0, 0.1) is 0 Å². The molecule has 0 unspecified atom stereocenters. The van der Waals surface area contributed by atoms with Gasteiger partial charge in [0.1, 0.15) is 11.7 Å². The standard InChI is InChI=1S/C10H19NO5/c1-10(2,3)16-9(15)11-4-7(13)8(14)6(11)5-12/h6-8,12-14H,4-5H2,1-3H3/t6-,7+,8-/m1/s1. The van der Waals surface area contributed by atoms with Crippen LogP contribution in [0.5, 0.6) is 0 Å². The average Bonchev–Trinajstić information content (AvgIpc) is 2.40. The summed E-state index contributed by atoms with van der Waals surface area (Å²) >= 11 is 0. The van der Waals surface area contributed by atoms with Crippen LogP contribution in [0.15, 0.2) is 0 Å². The molecule has 1 aliphatic rings. The van der Waals surface area contributed by atoms with Gasteiger partial charge in [-0.1, -0.05) is 0 Å². The molecule has 3 atom stereocenters. The third-order valence-electron chi connectivity index (χ3n) is 2.39. The lowest BCUT2D eigenvalue weighted by Crippen LogP contribution is -2.44. The lowest BCUT2D eigenvalue weighted by atomic mass is 10.1. The highest BCUT2D eigenvalue weighted by Crippen LogP contribution is 2.21. The Balaban J connectivity index is 2.69. The van der Waals surface area contributed by atoms with Crippen LogP contribution in [0.1, 0.15) is 20.8 Å². The zero-order valence-electron chi connectivity index (χ0n) is 9.75. The number of aliphatic hydroxyl groups excluding tert-OH is 3. The summed E-state index contributed by atoms with van der Waals surface area (Å²) in [5, 5.41) is 28.0. The van der Waals surface area contributed by atoms with Gasteiger partial charge in [0.05, 0.1) is 25.3 Å². The van der Waals surface area contributed by atoms with Crippen LogP contribution in [0.25, 0.3) is 0 Å². The van der Waals surface area contributed by atoms with Crippen molar-refractivity contribution in [3.05, 3.63) is 0 Å². The van der Waals surface area contributed by atoms with Gasteiger partial charge < -0.3 is 20.1 Å². The fourth-order valence-electron chi connectivity index (χ4n) is 1.62. The molecule has 1 heterocycles. The number of hydrogen-bond donors (Lipinski definition) is 3. The Morgan fingerprint density at radius 1 is 1.44 bits per heavy atom. The first kappa shape index (κ1) is 13.2. The van der Waals surface area contributed by atoms with Gasteiger partial charge in [-0.15, -0.1) is 0 Å². The van der Waals surface area contributed by atoms with E-state index in [2.05, 4.69) is 0 Å². The van der Waals surface area contributed by atoms with Gasteiger partial charge in [-0.25, -0.2) is 4.79 Å². The Kier molecular flexibility index (Phi) is 3.77. The molecule has 0 aliphatic carbocycles. The molecule has 1 amide bonds. The van der Waals surface area contributed by atoms with E-state index in [0.29, 0.717) is 0 Å². The quantitative estimate of drug-likeness (QED) is 0.558. The smallest absolute Gasteiger partial charge is 0.410 e. The monoisotopic (exact) mass is 233 g/mol. The summed E-state index contributed by atoms with van der Waals surface area (Å²) in [7, 11) is 0.